The molecule has 24 heavy (non-hydrogen) atoms. The van der Waals surface area contributed by atoms with E-state index in [1.165, 1.54) is 0 Å². The van der Waals surface area contributed by atoms with E-state index in [1.54, 1.807) is 22.9 Å². The summed E-state index contributed by atoms with van der Waals surface area (Å²) in [5, 5.41) is 8.72. The molecule has 2 heterocycles. The molecule has 0 spiro atoms. The Kier molecular flexibility index (Phi) is 4.92. The van der Waals surface area contributed by atoms with Crippen LogP contribution in [0.5, 0.6) is 0 Å². The summed E-state index contributed by atoms with van der Waals surface area (Å²) in [4.78, 5) is 16.1. The summed E-state index contributed by atoms with van der Waals surface area (Å²) in [6.07, 6.45) is 3.03. The number of amides is 1. The molecule has 2 N–H and O–H groups in total. The van der Waals surface area contributed by atoms with Gasteiger partial charge in [-0.3, -0.25) is 4.79 Å². The highest BCUT2D eigenvalue weighted by Gasteiger charge is 2.40. The third-order valence-corrected chi connectivity index (χ3v) is 4.57. The highest BCUT2D eigenvalue weighted by atomic mass is 16.5. The van der Waals surface area contributed by atoms with E-state index >= 15 is 0 Å². The van der Waals surface area contributed by atoms with E-state index in [9.17, 15) is 4.79 Å². The Balaban J connectivity index is 1.69. The average Bonchev–Trinajstić information content (AvgIpc) is 3.11. The normalized spacial score (nSPS) is 16.8. The maximum Gasteiger partial charge on any atom is 0.230 e. The fourth-order valence-corrected chi connectivity index (χ4v) is 3.04. The second-order valence-electron chi connectivity index (χ2n) is 6.22. The van der Waals surface area contributed by atoms with E-state index in [0.29, 0.717) is 39.1 Å². The molecular weight excluding hydrogens is 306 g/mol. The number of nitrogens with two attached hydrogens (primary N) is 1. The minimum atomic E-state index is -0.511. The second kappa shape index (κ2) is 7.11. The van der Waals surface area contributed by atoms with Crippen LogP contribution in [-0.4, -0.2) is 52.6 Å². The molecule has 0 radical (unpaired) electrons. The van der Waals surface area contributed by atoms with Gasteiger partial charge in [-0.25, -0.2) is 0 Å². The molecule has 0 bridgehead atoms. The fraction of sp³-hybridized carbons (Fsp3) is 0.471. The van der Waals surface area contributed by atoms with Crippen LogP contribution in [0.1, 0.15) is 18.5 Å². The minimum absolute atomic E-state index is 0.0579. The number of benzene rings is 1. The Morgan fingerprint density at radius 3 is 2.71 bits per heavy atom. The zero-order chi connectivity index (χ0) is 17.0. The lowest BCUT2D eigenvalue weighted by molar-refractivity contribution is -0.146. The first-order valence-electron chi connectivity index (χ1n) is 8.15. The lowest BCUT2D eigenvalue weighted by atomic mass is 9.79. The third kappa shape index (κ3) is 3.32. The molecule has 1 aliphatic heterocycles. The van der Waals surface area contributed by atoms with Gasteiger partial charge in [0.05, 0.1) is 23.8 Å². The number of carbonyl (C=O) groups is 1. The smallest absolute Gasteiger partial charge is 0.230 e. The standard InChI is InChI=1S/C17H23N5O2/c1-21(16(23)17(13-18)7-9-24-10-8-17)12-14-11-19-22(20-14)15-5-3-2-4-6-15/h2-6,11H,7-10,12-13,18H2,1H3. The summed E-state index contributed by atoms with van der Waals surface area (Å²) < 4.78 is 5.38. The second-order valence-corrected chi connectivity index (χ2v) is 6.22. The Bertz CT molecular complexity index is 679. The minimum Gasteiger partial charge on any atom is -0.381 e. The van der Waals surface area contributed by atoms with Crippen LogP contribution in [0, 0.1) is 5.41 Å². The predicted molar refractivity (Wildman–Crippen MR) is 89.4 cm³/mol. The highest BCUT2D eigenvalue weighted by molar-refractivity contribution is 5.82. The molecule has 1 aromatic carbocycles. The number of carbonyl (C=O) groups excluding carboxylic acids is 1. The van der Waals surface area contributed by atoms with Gasteiger partial charge in [-0.1, -0.05) is 18.2 Å². The molecule has 0 aliphatic carbocycles. The first kappa shape index (κ1) is 16.6. The predicted octanol–water partition coefficient (Wildman–Crippen LogP) is 0.981. The molecule has 1 aromatic heterocycles. The molecule has 3 rings (SSSR count). The molecule has 7 nitrogen and oxygen atoms in total. The monoisotopic (exact) mass is 329 g/mol. The number of para-hydroxylation sites is 1. The Morgan fingerprint density at radius 1 is 1.33 bits per heavy atom. The van der Waals surface area contributed by atoms with Crippen molar-refractivity contribution in [3.8, 4) is 5.69 Å². The largest absolute Gasteiger partial charge is 0.381 e. The maximum atomic E-state index is 12.9. The summed E-state index contributed by atoms with van der Waals surface area (Å²) in [6.45, 7) is 1.92. The molecule has 2 aromatic rings. The molecule has 7 heteroatoms. The van der Waals surface area contributed by atoms with Crippen LogP contribution in [0.25, 0.3) is 5.69 Å². The van der Waals surface area contributed by atoms with Gasteiger partial charge in [-0.15, -0.1) is 0 Å². The van der Waals surface area contributed by atoms with Crippen LogP contribution in [-0.2, 0) is 16.1 Å². The number of aromatic nitrogens is 3. The summed E-state index contributed by atoms with van der Waals surface area (Å²) >= 11 is 0. The molecule has 0 unspecified atom stereocenters. The van der Waals surface area contributed by atoms with Gasteiger partial charge < -0.3 is 15.4 Å². The molecule has 1 fully saturated rings. The fourth-order valence-electron chi connectivity index (χ4n) is 3.04. The van der Waals surface area contributed by atoms with Crippen molar-refractivity contribution in [3.05, 3.63) is 42.2 Å². The van der Waals surface area contributed by atoms with E-state index in [-0.39, 0.29) is 5.91 Å². The summed E-state index contributed by atoms with van der Waals surface area (Å²) in [5.74, 6) is 0.0579. The van der Waals surface area contributed by atoms with Gasteiger partial charge in [0.25, 0.3) is 0 Å². The molecule has 1 amide bonds. The van der Waals surface area contributed by atoms with Crippen LogP contribution in [0.4, 0.5) is 0 Å². The summed E-state index contributed by atoms with van der Waals surface area (Å²) in [7, 11) is 1.79. The lowest BCUT2D eigenvalue weighted by Crippen LogP contribution is -2.49. The molecule has 1 saturated heterocycles. The first-order chi connectivity index (χ1) is 11.6. The van der Waals surface area contributed by atoms with Crippen molar-refractivity contribution >= 4 is 5.91 Å². The third-order valence-electron chi connectivity index (χ3n) is 4.57. The molecule has 128 valence electrons. The number of hydrogen-bond acceptors (Lipinski definition) is 5. The Morgan fingerprint density at radius 2 is 2.04 bits per heavy atom. The van der Waals surface area contributed by atoms with E-state index in [0.717, 1.165) is 11.4 Å². The van der Waals surface area contributed by atoms with Crippen molar-refractivity contribution < 1.29 is 9.53 Å². The van der Waals surface area contributed by atoms with E-state index in [1.807, 2.05) is 30.3 Å². The van der Waals surface area contributed by atoms with Crippen LogP contribution in [0.2, 0.25) is 0 Å². The highest BCUT2D eigenvalue weighted by Crippen LogP contribution is 2.31. The molecule has 1 aliphatic rings. The zero-order valence-corrected chi connectivity index (χ0v) is 13.9. The number of rotatable bonds is 5. The first-order valence-corrected chi connectivity index (χ1v) is 8.15. The van der Waals surface area contributed by atoms with Gasteiger partial charge in [0.2, 0.25) is 5.91 Å². The zero-order valence-electron chi connectivity index (χ0n) is 13.9. The van der Waals surface area contributed by atoms with Crippen molar-refractivity contribution in [2.45, 2.75) is 19.4 Å². The maximum absolute atomic E-state index is 12.9. The van der Waals surface area contributed by atoms with Gasteiger partial charge >= 0.3 is 0 Å². The van der Waals surface area contributed by atoms with Crippen molar-refractivity contribution in [1.29, 1.82) is 0 Å². The topological polar surface area (TPSA) is 86.3 Å². The average molecular weight is 329 g/mol. The van der Waals surface area contributed by atoms with Gasteiger partial charge in [0.15, 0.2) is 0 Å². The van der Waals surface area contributed by atoms with Gasteiger partial charge in [0, 0.05) is 26.8 Å². The van der Waals surface area contributed by atoms with Crippen molar-refractivity contribution in [2.75, 3.05) is 26.8 Å². The number of nitrogens with zero attached hydrogens (tertiary/aromatic N) is 4. The molecule has 0 atom stereocenters. The SMILES string of the molecule is CN(Cc1cnn(-c2ccccc2)n1)C(=O)C1(CN)CCOCC1. The quantitative estimate of drug-likeness (QED) is 0.884. The van der Waals surface area contributed by atoms with Crippen molar-refractivity contribution in [1.82, 2.24) is 19.9 Å². The molecular formula is C17H23N5O2. The van der Waals surface area contributed by atoms with Crippen molar-refractivity contribution in [2.24, 2.45) is 11.1 Å². The van der Waals surface area contributed by atoms with Crippen LogP contribution in [0.3, 0.4) is 0 Å². The van der Waals surface area contributed by atoms with E-state index in [4.69, 9.17) is 10.5 Å². The van der Waals surface area contributed by atoms with Gasteiger partial charge in [-0.05, 0) is 25.0 Å². The van der Waals surface area contributed by atoms with Crippen LogP contribution < -0.4 is 5.73 Å². The van der Waals surface area contributed by atoms with E-state index in [2.05, 4.69) is 10.2 Å². The number of ether oxygens (including phenoxy) is 1. The van der Waals surface area contributed by atoms with Crippen LogP contribution in [0.15, 0.2) is 36.5 Å². The van der Waals surface area contributed by atoms with Crippen LogP contribution >= 0.6 is 0 Å². The lowest BCUT2D eigenvalue weighted by Gasteiger charge is -2.37. The van der Waals surface area contributed by atoms with Gasteiger partial charge in [-0.2, -0.15) is 15.0 Å². The summed E-state index contributed by atoms with van der Waals surface area (Å²) in [5.41, 5.74) is 7.04. The van der Waals surface area contributed by atoms with Crippen molar-refractivity contribution in [3.63, 3.8) is 0 Å². The molecule has 0 saturated carbocycles. The Labute approximate surface area is 141 Å². The van der Waals surface area contributed by atoms with E-state index < -0.39 is 5.41 Å². The number of hydrogen-bond donors (Lipinski definition) is 1. The Hall–Kier alpha value is -2.25. The van der Waals surface area contributed by atoms with Gasteiger partial charge in [0.1, 0.15) is 5.69 Å². The summed E-state index contributed by atoms with van der Waals surface area (Å²) in [6, 6.07) is 9.68.